The highest BCUT2D eigenvalue weighted by atomic mass is 35.5. The van der Waals surface area contributed by atoms with Crippen molar-refractivity contribution in [3.63, 3.8) is 0 Å². The van der Waals surface area contributed by atoms with Gasteiger partial charge >= 0.3 is 12.2 Å². The van der Waals surface area contributed by atoms with E-state index < -0.39 is 64.0 Å². The highest BCUT2D eigenvalue weighted by Crippen LogP contribution is 2.43. The molecule has 2 amide bonds. The number of hydrogen-bond donors (Lipinski definition) is 0. The van der Waals surface area contributed by atoms with Crippen molar-refractivity contribution in [2.24, 2.45) is 0 Å². The van der Waals surface area contributed by atoms with Gasteiger partial charge in [0.05, 0.1) is 11.6 Å². The van der Waals surface area contributed by atoms with E-state index in [4.69, 9.17) is 30.5 Å². The maximum Gasteiger partial charge on any atom is 0.514 e. The third-order valence-corrected chi connectivity index (χ3v) is 6.23. The van der Waals surface area contributed by atoms with Gasteiger partial charge in [0.1, 0.15) is 45.7 Å². The Morgan fingerprint density at radius 3 is 2.38 bits per heavy atom. The lowest BCUT2D eigenvalue weighted by molar-refractivity contribution is 0.000873. The van der Waals surface area contributed by atoms with Gasteiger partial charge in [-0.05, 0) is 53.7 Å². The average Bonchev–Trinajstić information content (AvgIpc) is 2.96. The Bertz CT molecular complexity index is 1360. The van der Waals surface area contributed by atoms with Crippen LogP contribution < -0.4 is 9.47 Å². The topological polar surface area (TPSA) is 108 Å². The van der Waals surface area contributed by atoms with E-state index in [1.54, 1.807) is 41.5 Å². The zero-order chi connectivity index (χ0) is 29.6. The fourth-order valence-corrected chi connectivity index (χ4v) is 4.55. The molecule has 0 unspecified atom stereocenters. The minimum absolute atomic E-state index is 0.0787. The summed E-state index contributed by atoms with van der Waals surface area (Å²) in [5, 5.41) is -0.354. The van der Waals surface area contributed by atoms with Gasteiger partial charge in [0.15, 0.2) is 5.75 Å². The number of nitrogens with zero attached hydrogens (tertiary/aromatic N) is 3. The van der Waals surface area contributed by atoms with Crippen LogP contribution in [0.15, 0.2) is 18.2 Å². The Hall–Kier alpha value is -3.67. The molecule has 1 atom stereocenters. The van der Waals surface area contributed by atoms with E-state index in [1.165, 1.54) is 21.9 Å². The summed E-state index contributed by atoms with van der Waals surface area (Å²) in [6, 6.07) is 2.96. The first-order chi connectivity index (χ1) is 18.6. The van der Waals surface area contributed by atoms with Gasteiger partial charge in [-0.3, -0.25) is 4.79 Å². The van der Waals surface area contributed by atoms with Crippen molar-refractivity contribution in [3.05, 3.63) is 40.6 Å². The van der Waals surface area contributed by atoms with Crippen LogP contribution in [0.1, 0.15) is 51.9 Å². The van der Waals surface area contributed by atoms with Crippen LogP contribution in [0.4, 0.5) is 18.4 Å². The Morgan fingerprint density at radius 1 is 1.05 bits per heavy atom. The second kappa shape index (κ2) is 10.7. The molecule has 1 aromatic heterocycles. The van der Waals surface area contributed by atoms with Crippen LogP contribution in [0.3, 0.4) is 0 Å². The molecular formula is C27H30ClF2N3O7. The number of halogens is 3. The van der Waals surface area contributed by atoms with Crippen molar-refractivity contribution < 1.29 is 42.1 Å². The first kappa shape index (κ1) is 29.3. The van der Waals surface area contributed by atoms with E-state index in [0.717, 1.165) is 6.07 Å². The molecule has 13 heteroatoms. The number of carbonyl (C=O) groups excluding carboxylic acids is 3. The number of carbonyl (C=O) groups is 3. The molecule has 2 aromatic rings. The predicted molar refractivity (Wildman–Crippen MR) is 140 cm³/mol. The van der Waals surface area contributed by atoms with E-state index in [-0.39, 0.29) is 42.8 Å². The molecule has 10 nitrogen and oxygen atoms in total. The van der Waals surface area contributed by atoms with Gasteiger partial charge in [-0.2, -0.15) is 4.39 Å². The first-order valence-corrected chi connectivity index (χ1v) is 12.9. The van der Waals surface area contributed by atoms with Crippen LogP contribution in [0, 0.1) is 11.8 Å². The molecule has 0 spiro atoms. The Morgan fingerprint density at radius 2 is 1.73 bits per heavy atom. The number of pyridine rings is 1. The zero-order valence-electron chi connectivity index (χ0n) is 23.0. The van der Waals surface area contributed by atoms with Crippen LogP contribution in [0.2, 0.25) is 5.02 Å². The number of hydrogen-bond acceptors (Lipinski definition) is 8. The van der Waals surface area contributed by atoms with Crippen molar-refractivity contribution in [3.8, 4) is 22.8 Å². The molecule has 4 rings (SSSR count). The molecule has 1 fully saturated rings. The number of rotatable bonds is 2. The van der Waals surface area contributed by atoms with E-state index in [2.05, 4.69) is 4.98 Å². The number of piperazine rings is 1. The molecule has 0 N–H and O–H groups in total. The van der Waals surface area contributed by atoms with Crippen LogP contribution in [-0.4, -0.2) is 76.4 Å². The predicted octanol–water partition coefficient (Wildman–Crippen LogP) is 5.45. The summed E-state index contributed by atoms with van der Waals surface area (Å²) < 4.78 is 52.1. The van der Waals surface area contributed by atoms with Gasteiger partial charge in [0, 0.05) is 19.6 Å². The molecular weight excluding hydrogens is 552 g/mol. The maximum atomic E-state index is 15.5. The number of aromatic nitrogens is 1. The van der Waals surface area contributed by atoms with Crippen molar-refractivity contribution in [2.75, 3.05) is 26.2 Å². The fraction of sp³-hybridized carbons (Fsp3) is 0.481. The smallest absolute Gasteiger partial charge is 0.489 e. The highest BCUT2D eigenvalue weighted by Gasteiger charge is 2.41. The molecule has 2 aliphatic heterocycles. The van der Waals surface area contributed by atoms with Gasteiger partial charge < -0.3 is 28.7 Å². The van der Waals surface area contributed by atoms with Gasteiger partial charge in [0.25, 0.3) is 5.91 Å². The van der Waals surface area contributed by atoms with Crippen LogP contribution in [0.5, 0.6) is 11.5 Å². The molecule has 216 valence electrons. The van der Waals surface area contributed by atoms with Crippen molar-refractivity contribution in [1.82, 2.24) is 14.8 Å². The summed E-state index contributed by atoms with van der Waals surface area (Å²) in [6.07, 6.45) is -1.67. The Kier molecular flexibility index (Phi) is 7.85. The Labute approximate surface area is 235 Å². The molecule has 2 aliphatic rings. The molecule has 1 saturated heterocycles. The van der Waals surface area contributed by atoms with Crippen molar-refractivity contribution in [1.29, 1.82) is 0 Å². The molecule has 0 radical (unpaired) electrons. The quantitative estimate of drug-likeness (QED) is 0.262. The summed E-state index contributed by atoms with van der Waals surface area (Å²) in [5.41, 5.74) is -2.98. The standard InChI is InChI=1S/C27H30ClF2N3O7/c1-26(2,3)39-24(35)32-10-11-33-14(12-32)13-37-21-18(23(33)34)22(30)31-20(19(21)28)17-15(29)8-7-9-16(17)38-25(36)40-27(4,5)6/h7-9,14H,10-13H2,1-6H3/t14-/m1/s1. The third-order valence-electron chi connectivity index (χ3n) is 5.87. The molecule has 0 aliphatic carbocycles. The van der Waals surface area contributed by atoms with E-state index in [1.807, 2.05) is 0 Å². The number of amides is 2. The second-order valence-electron chi connectivity index (χ2n) is 11.3. The highest BCUT2D eigenvalue weighted by molar-refractivity contribution is 6.35. The van der Waals surface area contributed by atoms with Crippen LogP contribution in [0.25, 0.3) is 11.3 Å². The minimum Gasteiger partial charge on any atom is -0.489 e. The lowest BCUT2D eigenvalue weighted by Gasteiger charge is -2.40. The van der Waals surface area contributed by atoms with Crippen LogP contribution >= 0.6 is 11.6 Å². The first-order valence-electron chi connectivity index (χ1n) is 12.6. The molecule has 40 heavy (non-hydrogen) atoms. The average molecular weight is 582 g/mol. The van der Waals surface area contributed by atoms with Gasteiger partial charge in [0.2, 0.25) is 5.95 Å². The Balaban J connectivity index is 1.68. The number of ether oxygens (including phenoxy) is 4. The van der Waals surface area contributed by atoms with E-state index in [0.29, 0.717) is 0 Å². The lowest BCUT2D eigenvalue weighted by Crippen LogP contribution is -2.58. The summed E-state index contributed by atoms with van der Waals surface area (Å²) >= 11 is 6.56. The summed E-state index contributed by atoms with van der Waals surface area (Å²) in [7, 11) is 0. The summed E-state index contributed by atoms with van der Waals surface area (Å²) in [6.45, 7) is 10.3. The van der Waals surface area contributed by atoms with Gasteiger partial charge in [-0.25, -0.2) is 19.0 Å². The van der Waals surface area contributed by atoms with Gasteiger partial charge in [-0.1, -0.05) is 17.7 Å². The van der Waals surface area contributed by atoms with Crippen LogP contribution in [-0.2, 0) is 9.47 Å². The molecule has 0 saturated carbocycles. The van der Waals surface area contributed by atoms with Crippen molar-refractivity contribution >= 4 is 29.8 Å². The molecule has 0 bridgehead atoms. The van der Waals surface area contributed by atoms with E-state index >= 15 is 8.78 Å². The second-order valence-corrected chi connectivity index (χ2v) is 11.7. The third kappa shape index (κ3) is 6.22. The minimum atomic E-state index is -1.25. The van der Waals surface area contributed by atoms with Crippen molar-refractivity contribution in [2.45, 2.75) is 58.8 Å². The summed E-state index contributed by atoms with van der Waals surface area (Å²) in [4.78, 5) is 44.9. The lowest BCUT2D eigenvalue weighted by atomic mass is 10.1. The fourth-order valence-electron chi connectivity index (χ4n) is 4.26. The number of benzene rings is 1. The normalized spacial score (nSPS) is 17.3. The molecule has 1 aromatic carbocycles. The number of fused-ring (bicyclic) bond motifs is 2. The van der Waals surface area contributed by atoms with E-state index in [9.17, 15) is 14.4 Å². The monoisotopic (exact) mass is 581 g/mol. The SMILES string of the molecule is CC(C)(C)OC(=O)Oc1cccc(F)c1-c1nc(F)c2c(c1Cl)OC[C@H]1CN(C(=O)OC(C)(C)C)CCN1C2=O. The maximum absolute atomic E-state index is 15.5. The largest absolute Gasteiger partial charge is 0.514 e. The van der Waals surface area contributed by atoms with Gasteiger partial charge in [-0.15, -0.1) is 0 Å². The molecule has 3 heterocycles. The zero-order valence-corrected chi connectivity index (χ0v) is 23.7. The summed E-state index contributed by atoms with van der Waals surface area (Å²) in [5.74, 6) is -3.56.